The van der Waals surface area contributed by atoms with Gasteiger partial charge in [0.05, 0.1) is 23.9 Å². The summed E-state index contributed by atoms with van der Waals surface area (Å²) in [5, 5.41) is 5.77. The lowest BCUT2D eigenvalue weighted by Gasteiger charge is -2.34. The Morgan fingerprint density at radius 1 is 1.30 bits per heavy atom. The van der Waals surface area contributed by atoms with Crippen LogP contribution in [-0.4, -0.2) is 30.5 Å². The Labute approximate surface area is 134 Å². The number of ether oxygens (including phenoxy) is 1. The Balaban J connectivity index is 1.94. The number of hydrazone groups is 1. The lowest BCUT2D eigenvalue weighted by Crippen LogP contribution is -2.47. The minimum Gasteiger partial charge on any atom is -0.468 e. The van der Waals surface area contributed by atoms with Crippen LogP contribution in [-0.2, 0) is 19.1 Å². The van der Waals surface area contributed by atoms with Crippen LogP contribution in [0.5, 0.6) is 0 Å². The number of esters is 1. The number of rotatable bonds is 2. The Hall–Kier alpha value is -2.50. The number of Topliss-reactive ketones (excluding diaryl/α,β-unsaturated/α-hetero) is 1. The molecule has 2 atom stereocenters. The largest absolute Gasteiger partial charge is 0.468 e. The van der Waals surface area contributed by atoms with E-state index in [1.54, 1.807) is 19.1 Å². The number of ketones is 1. The number of hydrogen-bond donors (Lipinski definition) is 0. The van der Waals surface area contributed by atoms with E-state index in [4.69, 9.17) is 4.74 Å². The van der Waals surface area contributed by atoms with E-state index in [0.717, 1.165) is 0 Å². The van der Waals surface area contributed by atoms with Crippen LogP contribution in [0.25, 0.3) is 0 Å². The summed E-state index contributed by atoms with van der Waals surface area (Å²) < 4.78 is 4.72. The van der Waals surface area contributed by atoms with Crippen molar-refractivity contribution in [2.24, 2.45) is 16.4 Å². The predicted molar refractivity (Wildman–Crippen MR) is 83.8 cm³/mol. The summed E-state index contributed by atoms with van der Waals surface area (Å²) in [7, 11) is 1.25. The second kappa shape index (κ2) is 5.61. The molecule has 1 amide bonds. The molecule has 1 aliphatic heterocycles. The molecule has 0 saturated heterocycles. The van der Waals surface area contributed by atoms with Gasteiger partial charge in [0.1, 0.15) is 11.7 Å². The number of nitrogens with zero attached hydrogens (tertiary/aromatic N) is 2. The molecule has 1 saturated carbocycles. The van der Waals surface area contributed by atoms with Crippen molar-refractivity contribution in [2.45, 2.75) is 26.2 Å². The first-order valence-electron chi connectivity index (χ1n) is 7.55. The third kappa shape index (κ3) is 2.34. The highest BCUT2D eigenvalue weighted by Crippen LogP contribution is 2.45. The average molecular weight is 314 g/mol. The number of hydrogen-bond acceptors (Lipinski definition) is 5. The normalized spacial score (nSPS) is 27.3. The summed E-state index contributed by atoms with van der Waals surface area (Å²) in [6, 6.07) is 9.14. The van der Waals surface area contributed by atoms with Gasteiger partial charge in [0.15, 0.2) is 0 Å². The lowest BCUT2D eigenvalue weighted by molar-refractivity contribution is -0.152. The highest BCUT2D eigenvalue weighted by atomic mass is 16.5. The quantitative estimate of drug-likeness (QED) is 0.617. The van der Waals surface area contributed by atoms with Crippen molar-refractivity contribution in [3.8, 4) is 0 Å². The van der Waals surface area contributed by atoms with Crippen molar-refractivity contribution >= 4 is 29.1 Å². The molecule has 1 fully saturated rings. The molecule has 0 aromatic heterocycles. The fraction of sp³-hybridized carbons (Fsp3) is 0.412. The van der Waals surface area contributed by atoms with Gasteiger partial charge in [-0.2, -0.15) is 10.1 Å². The van der Waals surface area contributed by atoms with Crippen LogP contribution in [0.4, 0.5) is 5.69 Å². The van der Waals surface area contributed by atoms with E-state index < -0.39 is 17.3 Å². The molecule has 120 valence electrons. The summed E-state index contributed by atoms with van der Waals surface area (Å²) >= 11 is 0. The van der Waals surface area contributed by atoms with Gasteiger partial charge in [-0.15, -0.1) is 0 Å². The van der Waals surface area contributed by atoms with Gasteiger partial charge in [-0.25, -0.2) is 0 Å². The van der Waals surface area contributed by atoms with Gasteiger partial charge >= 0.3 is 5.97 Å². The van der Waals surface area contributed by atoms with Gasteiger partial charge in [-0.1, -0.05) is 18.2 Å². The zero-order chi connectivity index (χ0) is 16.6. The maximum Gasteiger partial charge on any atom is 0.316 e. The molecule has 1 heterocycles. The highest BCUT2D eigenvalue weighted by molar-refractivity contribution is 6.20. The van der Waals surface area contributed by atoms with E-state index >= 15 is 0 Å². The summed E-state index contributed by atoms with van der Waals surface area (Å²) in [5.74, 6) is -1.81. The molecule has 0 bridgehead atoms. The smallest absolute Gasteiger partial charge is 0.316 e. The molecule has 1 aliphatic carbocycles. The molecule has 2 unspecified atom stereocenters. The zero-order valence-corrected chi connectivity index (χ0v) is 13.1. The molecule has 1 aromatic rings. The van der Waals surface area contributed by atoms with Crippen molar-refractivity contribution in [2.75, 3.05) is 12.1 Å². The van der Waals surface area contributed by atoms with Gasteiger partial charge in [0.2, 0.25) is 0 Å². The SMILES string of the molecule is COC(=O)C1CC2(CCC1=O)C(=O)N(c1ccccc1)N=C2C. The summed E-state index contributed by atoms with van der Waals surface area (Å²) in [5.41, 5.74) is 0.441. The second-order valence-electron chi connectivity index (χ2n) is 5.97. The maximum absolute atomic E-state index is 13.0. The van der Waals surface area contributed by atoms with E-state index in [-0.39, 0.29) is 24.5 Å². The van der Waals surface area contributed by atoms with Gasteiger partial charge < -0.3 is 4.74 Å². The number of carbonyl (C=O) groups excluding carboxylic acids is 3. The van der Waals surface area contributed by atoms with E-state index in [1.807, 2.05) is 18.2 Å². The van der Waals surface area contributed by atoms with Crippen LogP contribution in [0.3, 0.4) is 0 Å². The Morgan fingerprint density at radius 3 is 2.65 bits per heavy atom. The fourth-order valence-corrected chi connectivity index (χ4v) is 3.35. The minimum absolute atomic E-state index is 0.135. The van der Waals surface area contributed by atoms with Crippen molar-refractivity contribution in [1.82, 2.24) is 0 Å². The van der Waals surface area contributed by atoms with E-state index in [0.29, 0.717) is 17.8 Å². The molecule has 1 aromatic carbocycles. The van der Waals surface area contributed by atoms with Crippen LogP contribution in [0, 0.1) is 11.3 Å². The molecule has 3 rings (SSSR count). The van der Waals surface area contributed by atoms with Crippen LogP contribution < -0.4 is 5.01 Å². The first-order chi connectivity index (χ1) is 11.0. The number of methoxy groups -OCH3 is 1. The first-order valence-corrected chi connectivity index (χ1v) is 7.55. The van der Waals surface area contributed by atoms with Gasteiger partial charge in [0, 0.05) is 6.42 Å². The fourth-order valence-electron chi connectivity index (χ4n) is 3.35. The number of anilines is 1. The third-order valence-electron chi connectivity index (χ3n) is 4.77. The van der Waals surface area contributed by atoms with Crippen molar-refractivity contribution in [1.29, 1.82) is 0 Å². The number of para-hydroxylation sites is 1. The molecular formula is C17H18N2O4. The van der Waals surface area contributed by atoms with Crippen LogP contribution in [0.1, 0.15) is 26.2 Å². The standard InChI is InChI=1S/C17H18N2O4/c1-11-17(9-8-14(20)13(10-17)15(21)23-2)16(22)19(18-11)12-6-4-3-5-7-12/h3-7,13H,8-10H2,1-2H3. The molecule has 2 aliphatic rings. The average Bonchev–Trinajstić information content (AvgIpc) is 2.82. The number of carbonyl (C=O) groups is 3. The van der Waals surface area contributed by atoms with Gasteiger partial charge in [0.25, 0.3) is 5.91 Å². The summed E-state index contributed by atoms with van der Waals surface area (Å²) in [6.07, 6.45) is 0.702. The predicted octanol–water partition coefficient (Wildman–Crippen LogP) is 1.94. The van der Waals surface area contributed by atoms with E-state index in [9.17, 15) is 14.4 Å². The molecule has 1 spiro atoms. The molecule has 0 radical (unpaired) electrons. The maximum atomic E-state index is 13.0. The Kier molecular flexibility index (Phi) is 3.75. The summed E-state index contributed by atoms with van der Waals surface area (Å²) in [6.45, 7) is 1.78. The molecule has 0 N–H and O–H groups in total. The number of benzene rings is 1. The van der Waals surface area contributed by atoms with Gasteiger partial charge in [-0.05, 0) is 31.9 Å². The lowest BCUT2D eigenvalue weighted by atomic mass is 9.66. The van der Waals surface area contributed by atoms with E-state index in [2.05, 4.69) is 5.10 Å². The van der Waals surface area contributed by atoms with Crippen molar-refractivity contribution in [3.63, 3.8) is 0 Å². The monoisotopic (exact) mass is 314 g/mol. The highest BCUT2D eigenvalue weighted by Gasteiger charge is 2.55. The van der Waals surface area contributed by atoms with Crippen LogP contribution >= 0.6 is 0 Å². The Morgan fingerprint density at radius 2 is 2.00 bits per heavy atom. The Bertz CT molecular complexity index is 690. The number of amides is 1. The van der Waals surface area contributed by atoms with E-state index in [1.165, 1.54) is 12.1 Å². The van der Waals surface area contributed by atoms with Crippen molar-refractivity contribution < 1.29 is 19.1 Å². The molecule has 23 heavy (non-hydrogen) atoms. The molecule has 6 nitrogen and oxygen atoms in total. The molecule has 6 heteroatoms. The third-order valence-corrected chi connectivity index (χ3v) is 4.77. The minimum atomic E-state index is -0.890. The van der Waals surface area contributed by atoms with Crippen molar-refractivity contribution in [3.05, 3.63) is 30.3 Å². The first kappa shape index (κ1) is 15.4. The summed E-state index contributed by atoms with van der Waals surface area (Å²) in [4.78, 5) is 36.9. The second-order valence-corrected chi connectivity index (χ2v) is 5.97. The topological polar surface area (TPSA) is 76.0 Å². The zero-order valence-electron chi connectivity index (χ0n) is 13.1. The van der Waals surface area contributed by atoms with Crippen LogP contribution in [0.2, 0.25) is 0 Å². The molecular weight excluding hydrogens is 296 g/mol. The van der Waals surface area contributed by atoms with Gasteiger partial charge in [-0.3, -0.25) is 14.4 Å². The van der Waals surface area contributed by atoms with Crippen LogP contribution in [0.15, 0.2) is 35.4 Å².